The number of thioether (sulfide) groups is 1. The van der Waals surface area contributed by atoms with E-state index in [1.54, 1.807) is 47.9 Å². The van der Waals surface area contributed by atoms with Gasteiger partial charge >= 0.3 is 0 Å². The molecule has 1 atom stereocenters. The molecule has 0 spiro atoms. The summed E-state index contributed by atoms with van der Waals surface area (Å²) in [6.07, 6.45) is 3.13. The first kappa shape index (κ1) is 21.5. The highest BCUT2D eigenvalue weighted by atomic mass is 32.2. The van der Waals surface area contributed by atoms with Crippen LogP contribution in [0.1, 0.15) is 23.3 Å². The zero-order valence-corrected chi connectivity index (χ0v) is 18.1. The Morgan fingerprint density at radius 1 is 1.28 bits per heavy atom. The SMILES string of the molecule is C=CCn1c(CNC(=O)c2ccco2)nnc1S[C@@H](C)C(=O)Nc1ccc2c(c1)OCO2. The summed E-state index contributed by atoms with van der Waals surface area (Å²) in [6.45, 7) is 6.29. The number of furan rings is 1. The van der Waals surface area contributed by atoms with Crippen LogP contribution in [0.15, 0.2) is 58.8 Å². The van der Waals surface area contributed by atoms with E-state index in [0.29, 0.717) is 34.7 Å². The van der Waals surface area contributed by atoms with E-state index in [9.17, 15) is 9.59 Å². The monoisotopic (exact) mass is 455 g/mol. The van der Waals surface area contributed by atoms with Gasteiger partial charge in [-0.1, -0.05) is 17.8 Å². The van der Waals surface area contributed by atoms with E-state index < -0.39 is 5.25 Å². The molecule has 0 aliphatic carbocycles. The first-order valence-corrected chi connectivity index (χ1v) is 10.6. The third-order valence-electron chi connectivity index (χ3n) is 4.55. The lowest BCUT2D eigenvalue weighted by atomic mass is 10.2. The quantitative estimate of drug-likeness (QED) is 0.373. The summed E-state index contributed by atoms with van der Waals surface area (Å²) in [5, 5.41) is 14.0. The molecule has 0 saturated carbocycles. The normalized spacial score (nSPS) is 12.9. The second kappa shape index (κ2) is 9.60. The molecular formula is C21H21N5O5S. The first-order valence-electron chi connectivity index (χ1n) is 9.77. The molecule has 3 aromatic rings. The maximum Gasteiger partial charge on any atom is 0.287 e. The lowest BCUT2D eigenvalue weighted by Crippen LogP contribution is -2.25. The number of anilines is 1. The number of hydrogen-bond donors (Lipinski definition) is 2. The van der Waals surface area contributed by atoms with Crippen LogP contribution in [-0.2, 0) is 17.9 Å². The Morgan fingerprint density at radius 3 is 2.91 bits per heavy atom. The van der Waals surface area contributed by atoms with Gasteiger partial charge in [-0.2, -0.15) is 0 Å². The summed E-state index contributed by atoms with van der Waals surface area (Å²) >= 11 is 1.26. The summed E-state index contributed by atoms with van der Waals surface area (Å²) < 4.78 is 17.5. The van der Waals surface area contributed by atoms with Crippen LogP contribution in [0.3, 0.4) is 0 Å². The van der Waals surface area contributed by atoms with Crippen LogP contribution in [0.2, 0.25) is 0 Å². The first-order chi connectivity index (χ1) is 15.5. The van der Waals surface area contributed by atoms with E-state index >= 15 is 0 Å². The molecule has 0 saturated heterocycles. The molecule has 1 aliphatic heterocycles. The van der Waals surface area contributed by atoms with Gasteiger partial charge < -0.3 is 29.1 Å². The molecule has 2 amide bonds. The third-order valence-corrected chi connectivity index (χ3v) is 5.63. The minimum absolute atomic E-state index is 0.151. The largest absolute Gasteiger partial charge is 0.459 e. The zero-order chi connectivity index (χ0) is 22.5. The van der Waals surface area contributed by atoms with Gasteiger partial charge in [-0.05, 0) is 31.2 Å². The number of rotatable bonds is 9. The Kier molecular flexibility index (Phi) is 6.45. The smallest absolute Gasteiger partial charge is 0.287 e. The Bertz CT molecular complexity index is 1130. The van der Waals surface area contributed by atoms with E-state index in [-0.39, 0.29) is 30.9 Å². The molecule has 0 bridgehead atoms. The van der Waals surface area contributed by atoms with Gasteiger partial charge in [0.1, 0.15) is 0 Å². The number of carbonyl (C=O) groups is 2. The number of nitrogens with one attached hydrogen (secondary N) is 2. The Labute approximate surface area is 188 Å². The van der Waals surface area contributed by atoms with E-state index in [4.69, 9.17) is 13.9 Å². The van der Waals surface area contributed by atoms with Crippen LogP contribution < -0.4 is 20.1 Å². The second-order valence-electron chi connectivity index (χ2n) is 6.78. The number of fused-ring (bicyclic) bond motifs is 1. The molecule has 2 aromatic heterocycles. The number of nitrogens with zero attached hydrogens (tertiary/aromatic N) is 3. The molecule has 10 nitrogen and oxygen atoms in total. The molecule has 4 rings (SSSR count). The molecule has 1 aliphatic rings. The highest BCUT2D eigenvalue weighted by Crippen LogP contribution is 2.34. The fourth-order valence-electron chi connectivity index (χ4n) is 2.93. The van der Waals surface area contributed by atoms with Crippen LogP contribution in [0.5, 0.6) is 11.5 Å². The maximum absolute atomic E-state index is 12.7. The lowest BCUT2D eigenvalue weighted by Gasteiger charge is -2.13. The fraction of sp³-hybridized carbons (Fsp3) is 0.238. The summed E-state index contributed by atoms with van der Waals surface area (Å²) in [7, 11) is 0. The minimum Gasteiger partial charge on any atom is -0.459 e. The van der Waals surface area contributed by atoms with Crippen molar-refractivity contribution in [1.82, 2.24) is 20.1 Å². The number of hydrogen-bond acceptors (Lipinski definition) is 8. The van der Waals surface area contributed by atoms with Crippen LogP contribution in [0.25, 0.3) is 0 Å². The molecule has 166 valence electrons. The maximum atomic E-state index is 12.7. The highest BCUT2D eigenvalue weighted by Gasteiger charge is 2.21. The van der Waals surface area contributed by atoms with Crippen LogP contribution in [-0.4, -0.2) is 38.6 Å². The van der Waals surface area contributed by atoms with Crippen molar-refractivity contribution in [3.8, 4) is 11.5 Å². The van der Waals surface area contributed by atoms with Crippen molar-refractivity contribution in [2.24, 2.45) is 0 Å². The van der Waals surface area contributed by atoms with E-state index in [2.05, 4.69) is 27.4 Å². The predicted octanol–water partition coefficient (Wildman–Crippen LogP) is 2.84. The van der Waals surface area contributed by atoms with Gasteiger partial charge in [0, 0.05) is 18.3 Å². The van der Waals surface area contributed by atoms with Gasteiger partial charge in [0.2, 0.25) is 12.7 Å². The standard InChI is InChI=1S/C21H21N5O5S/c1-3-8-26-18(11-22-20(28)16-5-4-9-29-16)24-25-21(26)32-13(2)19(27)23-14-6-7-15-17(10-14)31-12-30-15/h3-7,9-10,13H,1,8,11-12H2,2H3,(H,22,28)(H,23,27)/t13-/m0/s1. The van der Waals surface area contributed by atoms with Crippen molar-refractivity contribution in [2.45, 2.75) is 30.4 Å². The molecule has 1 aromatic carbocycles. The molecule has 3 heterocycles. The van der Waals surface area contributed by atoms with Crippen LogP contribution in [0, 0.1) is 0 Å². The Balaban J connectivity index is 1.39. The highest BCUT2D eigenvalue weighted by molar-refractivity contribution is 8.00. The van der Waals surface area contributed by atoms with E-state index in [1.807, 2.05) is 0 Å². The summed E-state index contributed by atoms with van der Waals surface area (Å²) in [5.41, 5.74) is 0.612. The number of allylic oxidation sites excluding steroid dienone is 1. The van der Waals surface area contributed by atoms with Gasteiger partial charge in [0.25, 0.3) is 5.91 Å². The van der Waals surface area contributed by atoms with Crippen molar-refractivity contribution < 1.29 is 23.5 Å². The number of aromatic nitrogens is 3. The van der Waals surface area contributed by atoms with Crippen molar-refractivity contribution in [3.63, 3.8) is 0 Å². The molecule has 0 fully saturated rings. The van der Waals surface area contributed by atoms with Crippen LogP contribution in [0.4, 0.5) is 5.69 Å². The minimum atomic E-state index is -0.459. The number of amides is 2. The topological polar surface area (TPSA) is 121 Å². The average molecular weight is 455 g/mol. The predicted molar refractivity (Wildman–Crippen MR) is 117 cm³/mol. The van der Waals surface area contributed by atoms with Crippen molar-refractivity contribution in [2.75, 3.05) is 12.1 Å². The summed E-state index contributed by atoms with van der Waals surface area (Å²) in [4.78, 5) is 24.8. The third kappa shape index (κ3) is 4.78. The number of ether oxygens (including phenoxy) is 2. The van der Waals surface area contributed by atoms with Gasteiger partial charge in [-0.15, -0.1) is 16.8 Å². The fourth-order valence-corrected chi connectivity index (χ4v) is 3.81. The Morgan fingerprint density at radius 2 is 2.12 bits per heavy atom. The van der Waals surface area contributed by atoms with Crippen molar-refractivity contribution in [3.05, 3.63) is 60.8 Å². The van der Waals surface area contributed by atoms with Gasteiger partial charge in [-0.3, -0.25) is 9.59 Å². The molecule has 0 unspecified atom stereocenters. The summed E-state index contributed by atoms with van der Waals surface area (Å²) in [5.74, 6) is 1.44. The van der Waals surface area contributed by atoms with Crippen molar-refractivity contribution >= 4 is 29.3 Å². The average Bonchev–Trinajstić information content (AvgIpc) is 3.54. The van der Waals surface area contributed by atoms with Gasteiger partial charge in [-0.25, -0.2) is 0 Å². The Hall–Kier alpha value is -3.73. The van der Waals surface area contributed by atoms with Crippen LogP contribution >= 0.6 is 11.8 Å². The zero-order valence-electron chi connectivity index (χ0n) is 17.2. The molecule has 11 heteroatoms. The molecule has 32 heavy (non-hydrogen) atoms. The molecule has 0 radical (unpaired) electrons. The van der Waals surface area contributed by atoms with Crippen molar-refractivity contribution in [1.29, 1.82) is 0 Å². The summed E-state index contributed by atoms with van der Waals surface area (Å²) in [6, 6.07) is 8.44. The van der Waals surface area contributed by atoms with E-state index in [0.717, 1.165) is 0 Å². The van der Waals surface area contributed by atoms with Gasteiger partial charge in [0.05, 0.1) is 18.1 Å². The number of benzene rings is 1. The molecule has 2 N–H and O–H groups in total. The second-order valence-corrected chi connectivity index (χ2v) is 8.08. The molecular weight excluding hydrogens is 434 g/mol. The lowest BCUT2D eigenvalue weighted by molar-refractivity contribution is -0.115. The van der Waals surface area contributed by atoms with Gasteiger partial charge in [0.15, 0.2) is 28.2 Å². The number of carbonyl (C=O) groups excluding carboxylic acids is 2. The van der Waals surface area contributed by atoms with E-state index in [1.165, 1.54) is 18.0 Å².